The fraction of sp³-hybridized carbons (Fsp3) is 0.714. The lowest BCUT2D eigenvalue weighted by atomic mass is 9.94. The number of nitrogens with one attached hydrogen (secondary N) is 1. The lowest BCUT2D eigenvalue weighted by molar-refractivity contribution is -0.170. The predicted molar refractivity (Wildman–Crippen MR) is 37.8 cm³/mol. The molecule has 4 nitrogen and oxygen atoms in total. The lowest BCUT2D eigenvalue weighted by Gasteiger charge is -2.36. The van der Waals surface area contributed by atoms with Crippen molar-refractivity contribution in [2.75, 3.05) is 0 Å². The monoisotopic (exact) mass is 175 g/mol. The van der Waals surface area contributed by atoms with Gasteiger partial charge < -0.3 is 10.1 Å². The number of carbonyl (C=O) groups is 2. The molecule has 1 fully saturated rings. The molecule has 12 heavy (non-hydrogen) atoms. The molecule has 1 N–H and O–H groups in total. The van der Waals surface area contributed by atoms with Gasteiger partial charge in [-0.05, 0) is 6.92 Å². The van der Waals surface area contributed by atoms with E-state index in [9.17, 15) is 14.0 Å². The summed E-state index contributed by atoms with van der Waals surface area (Å²) in [6.07, 6.45) is -2.07. The summed E-state index contributed by atoms with van der Waals surface area (Å²) in [4.78, 5) is 21.1. The molecular weight excluding hydrogens is 165 g/mol. The highest BCUT2D eigenvalue weighted by molar-refractivity contribution is 5.86. The van der Waals surface area contributed by atoms with Crippen LogP contribution in [0.3, 0.4) is 0 Å². The highest BCUT2D eigenvalue weighted by Crippen LogP contribution is 2.22. The first-order valence-corrected chi connectivity index (χ1v) is 3.64. The molecule has 1 aliphatic rings. The molecule has 0 bridgehead atoms. The Kier molecular flexibility index (Phi) is 2.30. The van der Waals surface area contributed by atoms with E-state index >= 15 is 0 Å². The first-order chi connectivity index (χ1) is 5.52. The maximum atomic E-state index is 12.6. The van der Waals surface area contributed by atoms with Gasteiger partial charge in [0.25, 0.3) is 0 Å². The van der Waals surface area contributed by atoms with Crippen LogP contribution in [0, 0.1) is 5.92 Å². The maximum absolute atomic E-state index is 12.6. The fourth-order valence-corrected chi connectivity index (χ4v) is 1.10. The van der Waals surface area contributed by atoms with E-state index < -0.39 is 30.2 Å². The third kappa shape index (κ3) is 1.54. The zero-order valence-corrected chi connectivity index (χ0v) is 6.83. The molecule has 1 heterocycles. The van der Waals surface area contributed by atoms with Crippen molar-refractivity contribution in [1.82, 2.24) is 5.32 Å². The largest absolute Gasteiger partial charge is 0.441 e. The van der Waals surface area contributed by atoms with Crippen molar-refractivity contribution in [2.24, 2.45) is 5.92 Å². The normalized spacial score (nSPS) is 30.1. The zero-order valence-electron chi connectivity index (χ0n) is 6.83. The summed E-state index contributed by atoms with van der Waals surface area (Å²) in [5.41, 5.74) is 0. The standard InChI is InChI=1S/C7H10FNO3/c1-3(8)5-6(11)9-7(5)12-4(2)10/h3,5,7H,1-2H3,(H,9,11)/t3-,5+,7?/m1/s1. The maximum Gasteiger partial charge on any atom is 0.304 e. The molecule has 0 aromatic carbocycles. The van der Waals surface area contributed by atoms with Crippen molar-refractivity contribution in [3.05, 3.63) is 0 Å². The van der Waals surface area contributed by atoms with Crippen LogP contribution in [-0.2, 0) is 14.3 Å². The molecule has 1 saturated heterocycles. The Morgan fingerprint density at radius 3 is 2.67 bits per heavy atom. The van der Waals surface area contributed by atoms with Gasteiger partial charge in [0, 0.05) is 6.92 Å². The Hall–Kier alpha value is -1.13. The third-order valence-corrected chi connectivity index (χ3v) is 1.70. The van der Waals surface area contributed by atoms with Crippen LogP contribution in [0.4, 0.5) is 4.39 Å². The molecule has 1 rings (SSSR count). The van der Waals surface area contributed by atoms with Crippen molar-refractivity contribution in [3.63, 3.8) is 0 Å². The molecule has 0 aromatic heterocycles. The minimum Gasteiger partial charge on any atom is -0.441 e. The van der Waals surface area contributed by atoms with Crippen LogP contribution in [0.15, 0.2) is 0 Å². The van der Waals surface area contributed by atoms with Crippen molar-refractivity contribution in [3.8, 4) is 0 Å². The highest BCUT2D eigenvalue weighted by atomic mass is 19.1. The van der Waals surface area contributed by atoms with Crippen molar-refractivity contribution < 1.29 is 18.7 Å². The number of ether oxygens (including phenoxy) is 1. The molecule has 0 aliphatic carbocycles. The number of amides is 1. The number of rotatable bonds is 2. The second kappa shape index (κ2) is 3.08. The Morgan fingerprint density at radius 2 is 2.33 bits per heavy atom. The average Bonchev–Trinajstić information content (AvgIpc) is 1.82. The van der Waals surface area contributed by atoms with Gasteiger partial charge in [-0.3, -0.25) is 9.59 Å². The molecule has 1 aliphatic heterocycles. The van der Waals surface area contributed by atoms with E-state index in [2.05, 4.69) is 10.1 Å². The van der Waals surface area contributed by atoms with E-state index in [1.54, 1.807) is 0 Å². The van der Waals surface area contributed by atoms with Crippen molar-refractivity contribution in [2.45, 2.75) is 26.2 Å². The molecular formula is C7H10FNO3. The van der Waals surface area contributed by atoms with Crippen molar-refractivity contribution >= 4 is 11.9 Å². The summed E-state index contributed by atoms with van der Waals surface area (Å²) in [7, 11) is 0. The van der Waals surface area contributed by atoms with Gasteiger partial charge in [0.1, 0.15) is 12.1 Å². The molecule has 3 atom stereocenters. The summed E-state index contributed by atoms with van der Waals surface area (Å²) in [5, 5.41) is 2.28. The van der Waals surface area contributed by atoms with Gasteiger partial charge in [0.15, 0.2) is 6.23 Å². The zero-order chi connectivity index (χ0) is 9.30. The van der Waals surface area contributed by atoms with E-state index in [-0.39, 0.29) is 0 Å². The minimum absolute atomic E-state index is 0.406. The molecule has 0 saturated carbocycles. The van der Waals surface area contributed by atoms with Gasteiger partial charge in [0.05, 0.1) is 0 Å². The summed E-state index contributed by atoms with van der Waals surface area (Å²) < 4.78 is 17.3. The van der Waals surface area contributed by atoms with Gasteiger partial charge in [-0.15, -0.1) is 0 Å². The first kappa shape index (κ1) is 8.96. The van der Waals surface area contributed by atoms with Crippen molar-refractivity contribution in [1.29, 1.82) is 0 Å². The number of hydrogen-bond acceptors (Lipinski definition) is 3. The quantitative estimate of drug-likeness (QED) is 0.474. The summed E-state index contributed by atoms with van der Waals surface area (Å²) in [5.74, 6) is -1.77. The van der Waals surface area contributed by atoms with E-state index in [1.807, 2.05) is 0 Å². The van der Waals surface area contributed by atoms with Crippen LogP contribution in [-0.4, -0.2) is 24.3 Å². The molecule has 0 aromatic rings. The van der Waals surface area contributed by atoms with Crippen LogP contribution < -0.4 is 5.32 Å². The SMILES string of the molecule is CC(=O)OC1NC(=O)[C@@H]1[C@@H](C)F. The van der Waals surface area contributed by atoms with Gasteiger partial charge >= 0.3 is 5.97 Å². The fourth-order valence-electron chi connectivity index (χ4n) is 1.10. The van der Waals surface area contributed by atoms with Crippen LogP contribution in [0.25, 0.3) is 0 Å². The topological polar surface area (TPSA) is 55.4 Å². The molecule has 0 spiro atoms. The van der Waals surface area contributed by atoms with Crippen LogP contribution in [0.5, 0.6) is 0 Å². The Labute approximate surface area is 69.1 Å². The second-order valence-corrected chi connectivity index (χ2v) is 2.74. The number of alkyl halides is 1. The Balaban J connectivity index is 2.48. The molecule has 0 radical (unpaired) electrons. The summed E-state index contributed by atoms with van der Waals surface area (Å²) in [6, 6.07) is 0. The smallest absolute Gasteiger partial charge is 0.304 e. The van der Waals surface area contributed by atoms with Gasteiger partial charge in [-0.2, -0.15) is 0 Å². The van der Waals surface area contributed by atoms with E-state index in [4.69, 9.17) is 0 Å². The predicted octanol–water partition coefficient (Wildman–Crippen LogP) is -0.0204. The molecule has 1 amide bonds. The van der Waals surface area contributed by atoms with E-state index in [0.717, 1.165) is 0 Å². The highest BCUT2D eigenvalue weighted by Gasteiger charge is 2.45. The van der Waals surface area contributed by atoms with Gasteiger partial charge in [-0.25, -0.2) is 4.39 Å². The number of hydrogen-bond donors (Lipinski definition) is 1. The lowest BCUT2D eigenvalue weighted by Crippen LogP contribution is -2.62. The Morgan fingerprint density at radius 1 is 1.75 bits per heavy atom. The third-order valence-electron chi connectivity index (χ3n) is 1.70. The van der Waals surface area contributed by atoms with Gasteiger partial charge in [-0.1, -0.05) is 0 Å². The number of halogens is 1. The number of esters is 1. The average molecular weight is 175 g/mol. The molecule has 1 unspecified atom stereocenters. The molecule has 5 heteroatoms. The van der Waals surface area contributed by atoms with E-state index in [0.29, 0.717) is 0 Å². The first-order valence-electron chi connectivity index (χ1n) is 3.64. The second-order valence-electron chi connectivity index (χ2n) is 2.74. The number of carbonyl (C=O) groups excluding carboxylic acids is 2. The Bertz CT molecular complexity index is 217. The van der Waals surface area contributed by atoms with Crippen LogP contribution in [0.2, 0.25) is 0 Å². The summed E-state index contributed by atoms with van der Waals surface area (Å²) in [6.45, 7) is 2.48. The van der Waals surface area contributed by atoms with Crippen LogP contribution in [0.1, 0.15) is 13.8 Å². The molecule has 68 valence electrons. The van der Waals surface area contributed by atoms with Gasteiger partial charge in [0.2, 0.25) is 5.91 Å². The number of β-lactam (4-membered cyclic amide) rings is 1. The summed E-state index contributed by atoms with van der Waals surface area (Å²) >= 11 is 0. The van der Waals surface area contributed by atoms with Crippen LogP contribution >= 0.6 is 0 Å². The minimum atomic E-state index is -1.29. The van der Waals surface area contributed by atoms with E-state index in [1.165, 1.54) is 13.8 Å².